The van der Waals surface area contributed by atoms with Crippen LogP contribution < -0.4 is 0 Å². The second kappa shape index (κ2) is 6.02. The summed E-state index contributed by atoms with van der Waals surface area (Å²) in [5.74, 6) is -0.319. The van der Waals surface area contributed by atoms with Crippen molar-refractivity contribution in [2.75, 3.05) is 19.7 Å². The molecule has 0 spiro atoms. The van der Waals surface area contributed by atoms with Crippen LogP contribution in [-0.4, -0.2) is 41.8 Å². The molecule has 0 saturated carbocycles. The minimum absolute atomic E-state index is 0.00312. The number of rotatable bonds is 5. The Balaban J connectivity index is 1.89. The van der Waals surface area contributed by atoms with Crippen molar-refractivity contribution < 1.29 is 19.1 Å². The number of ether oxygens (including phenoxy) is 1. The van der Waals surface area contributed by atoms with E-state index in [-0.39, 0.29) is 11.9 Å². The first-order valence-electron chi connectivity index (χ1n) is 6.35. The summed E-state index contributed by atoms with van der Waals surface area (Å²) in [7, 11) is 0. The summed E-state index contributed by atoms with van der Waals surface area (Å²) in [4.78, 5) is 13.0. The minimum Gasteiger partial charge on any atom is -0.475 e. The van der Waals surface area contributed by atoms with Crippen LogP contribution in [0.3, 0.4) is 0 Å². The molecular weight excluding hydrogens is 234 g/mol. The summed E-state index contributed by atoms with van der Waals surface area (Å²) in [6, 6.07) is 3.23. The van der Waals surface area contributed by atoms with Crippen LogP contribution >= 0.6 is 0 Å². The predicted molar refractivity (Wildman–Crippen MR) is 65.6 cm³/mol. The molecule has 0 aromatic carbocycles. The Morgan fingerprint density at radius 3 is 3.11 bits per heavy atom. The molecule has 0 bridgehead atoms. The summed E-state index contributed by atoms with van der Waals surface area (Å²) < 4.78 is 10.9. The van der Waals surface area contributed by atoms with Crippen LogP contribution in [0.2, 0.25) is 0 Å². The Kier molecular flexibility index (Phi) is 4.38. The largest absolute Gasteiger partial charge is 0.475 e. The maximum absolute atomic E-state index is 10.7. The first kappa shape index (κ1) is 13.1. The molecule has 2 rings (SSSR count). The SMILES string of the molecule is CCOC1CCCN(Cc2ccc(C(=O)O)o2)C1. The van der Waals surface area contributed by atoms with Gasteiger partial charge in [0.25, 0.3) is 0 Å². The van der Waals surface area contributed by atoms with E-state index < -0.39 is 5.97 Å². The van der Waals surface area contributed by atoms with Gasteiger partial charge in [0.05, 0.1) is 12.6 Å². The summed E-state index contributed by atoms with van der Waals surface area (Å²) in [6.45, 7) is 5.29. The Bertz CT molecular complexity index is 399. The number of nitrogens with zero attached hydrogens (tertiary/aromatic N) is 1. The fourth-order valence-corrected chi connectivity index (χ4v) is 2.33. The van der Waals surface area contributed by atoms with Crippen molar-refractivity contribution in [1.82, 2.24) is 4.90 Å². The lowest BCUT2D eigenvalue weighted by Crippen LogP contribution is -2.39. The molecule has 5 nitrogen and oxygen atoms in total. The third-order valence-electron chi connectivity index (χ3n) is 3.12. The smallest absolute Gasteiger partial charge is 0.371 e. The highest BCUT2D eigenvalue weighted by Gasteiger charge is 2.21. The lowest BCUT2D eigenvalue weighted by Gasteiger charge is -2.31. The van der Waals surface area contributed by atoms with Crippen molar-refractivity contribution in [3.63, 3.8) is 0 Å². The van der Waals surface area contributed by atoms with E-state index in [0.29, 0.717) is 12.3 Å². The molecule has 0 radical (unpaired) electrons. The van der Waals surface area contributed by atoms with Gasteiger partial charge in [-0.1, -0.05) is 0 Å². The number of carboxylic acid groups (broad SMARTS) is 1. The fourth-order valence-electron chi connectivity index (χ4n) is 2.33. The maximum Gasteiger partial charge on any atom is 0.371 e. The standard InChI is InChI=1S/C13H19NO4/c1-2-17-10-4-3-7-14(8-10)9-11-5-6-12(18-11)13(15)16/h5-6,10H,2-4,7-9H2,1H3,(H,15,16). The van der Waals surface area contributed by atoms with E-state index in [9.17, 15) is 4.79 Å². The summed E-state index contributed by atoms with van der Waals surface area (Å²) in [5.41, 5.74) is 0. The predicted octanol–water partition coefficient (Wildman–Crippen LogP) is 1.98. The average molecular weight is 253 g/mol. The lowest BCUT2D eigenvalue weighted by molar-refractivity contribution is 0.00185. The molecule has 1 fully saturated rings. The van der Waals surface area contributed by atoms with Gasteiger partial charge >= 0.3 is 5.97 Å². The average Bonchev–Trinajstić information content (AvgIpc) is 2.78. The maximum atomic E-state index is 10.7. The molecule has 1 N–H and O–H groups in total. The van der Waals surface area contributed by atoms with Gasteiger partial charge in [-0.2, -0.15) is 0 Å². The van der Waals surface area contributed by atoms with E-state index in [0.717, 1.165) is 32.5 Å². The minimum atomic E-state index is -1.02. The highest BCUT2D eigenvalue weighted by molar-refractivity contribution is 5.84. The van der Waals surface area contributed by atoms with Crippen molar-refractivity contribution in [2.45, 2.75) is 32.4 Å². The highest BCUT2D eigenvalue weighted by Crippen LogP contribution is 2.17. The number of aromatic carboxylic acids is 1. The van der Waals surface area contributed by atoms with Gasteiger partial charge in [0.1, 0.15) is 5.76 Å². The van der Waals surface area contributed by atoms with E-state index in [1.807, 2.05) is 6.92 Å². The number of carboxylic acids is 1. The van der Waals surface area contributed by atoms with Gasteiger partial charge in [-0.05, 0) is 38.4 Å². The van der Waals surface area contributed by atoms with E-state index in [4.69, 9.17) is 14.3 Å². The molecule has 1 saturated heterocycles. The second-order valence-electron chi connectivity index (χ2n) is 4.53. The molecule has 0 amide bonds. The summed E-state index contributed by atoms with van der Waals surface area (Å²) in [5, 5.41) is 8.79. The Hall–Kier alpha value is -1.33. The van der Waals surface area contributed by atoms with Crippen molar-refractivity contribution >= 4 is 5.97 Å². The first-order chi connectivity index (χ1) is 8.69. The van der Waals surface area contributed by atoms with Gasteiger partial charge in [-0.3, -0.25) is 4.90 Å². The normalized spacial score (nSPS) is 21.1. The van der Waals surface area contributed by atoms with Gasteiger partial charge in [0.2, 0.25) is 5.76 Å². The third-order valence-corrected chi connectivity index (χ3v) is 3.12. The number of piperidine rings is 1. The molecule has 1 aromatic rings. The van der Waals surface area contributed by atoms with Gasteiger partial charge in [0, 0.05) is 13.2 Å². The lowest BCUT2D eigenvalue weighted by atomic mass is 10.1. The molecule has 5 heteroatoms. The molecule has 18 heavy (non-hydrogen) atoms. The molecule has 1 atom stereocenters. The van der Waals surface area contributed by atoms with Gasteiger partial charge in [-0.15, -0.1) is 0 Å². The molecular formula is C13H19NO4. The van der Waals surface area contributed by atoms with E-state index >= 15 is 0 Å². The topological polar surface area (TPSA) is 62.9 Å². The molecule has 2 heterocycles. The van der Waals surface area contributed by atoms with Crippen LogP contribution in [0, 0.1) is 0 Å². The van der Waals surface area contributed by atoms with Crippen LogP contribution in [0.25, 0.3) is 0 Å². The molecule has 0 aliphatic carbocycles. The zero-order valence-corrected chi connectivity index (χ0v) is 10.6. The quantitative estimate of drug-likeness (QED) is 0.869. The molecule has 1 aliphatic heterocycles. The fraction of sp³-hybridized carbons (Fsp3) is 0.615. The molecule has 1 aromatic heterocycles. The van der Waals surface area contributed by atoms with Crippen LogP contribution in [0.4, 0.5) is 0 Å². The molecule has 100 valence electrons. The number of likely N-dealkylation sites (tertiary alicyclic amines) is 1. The van der Waals surface area contributed by atoms with Crippen molar-refractivity contribution in [1.29, 1.82) is 0 Å². The van der Waals surface area contributed by atoms with E-state index in [1.54, 1.807) is 6.07 Å². The number of hydrogen-bond donors (Lipinski definition) is 1. The Morgan fingerprint density at radius 1 is 1.61 bits per heavy atom. The van der Waals surface area contributed by atoms with Gasteiger partial charge < -0.3 is 14.3 Å². The third kappa shape index (κ3) is 3.34. The van der Waals surface area contributed by atoms with Crippen LogP contribution in [-0.2, 0) is 11.3 Å². The summed E-state index contributed by atoms with van der Waals surface area (Å²) >= 11 is 0. The zero-order chi connectivity index (χ0) is 13.0. The summed E-state index contributed by atoms with van der Waals surface area (Å²) in [6.07, 6.45) is 2.50. The highest BCUT2D eigenvalue weighted by atomic mass is 16.5. The first-order valence-corrected chi connectivity index (χ1v) is 6.35. The van der Waals surface area contributed by atoms with Crippen LogP contribution in [0.5, 0.6) is 0 Å². The Morgan fingerprint density at radius 2 is 2.44 bits per heavy atom. The van der Waals surface area contributed by atoms with Crippen LogP contribution in [0.1, 0.15) is 36.1 Å². The molecule has 1 unspecified atom stereocenters. The number of carbonyl (C=O) groups is 1. The number of hydrogen-bond acceptors (Lipinski definition) is 4. The van der Waals surface area contributed by atoms with Crippen LogP contribution in [0.15, 0.2) is 16.5 Å². The van der Waals surface area contributed by atoms with E-state index in [1.165, 1.54) is 6.07 Å². The van der Waals surface area contributed by atoms with Gasteiger partial charge in [0.15, 0.2) is 0 Å². The van der Waals surface area contributed by atoms with Crippen molar-refractivity contribution in [3.05, 3.63) is 23.7 Å². The monoisotopic (exact) mass is 253 g/mol. The van der Waals surface area contributed by atoms with Crippen molar-refractivity contribution in [2.24, 2.45) is 0 Å². The van der Waals surface area contributed by atoms with Gasteiger partial charge in [-0.25, -0.2) is 4.79 Å². The zero-order valence-electron chi connectivity index (χ0n) is 10.6. The van der Waals surface area contributed by atoms with Crippen molar-refractivity contribution in [3.8, 4) is 0 Å². The number of furan rings is 1. The van der Waals surface area contributed by atoms with E-state index in [2.05, 4.69) is 4.90 Å². The second-order valence-corrected chi connectivity index (χ2v) is 4.53. The Labute approximate surface area is 106 Å². The molecule has 1 aliphatic rings.